The van der Waals surface area contributed by atoms with Gasteiger partial charge in [0.15, 0.2) is 0 Å². The highest BCUT2D eigenvalue weighted by Crippen LogP contribution is 2.26. The number of hydrogen-bond donors (Lipinski definition) is 2. The van der Waals surface area contributed by atoms with E-state index >= 15 is 0 Å². The summed E-state index contributed by atoms with van der Waals surface area (Å²) in [5, 5.41) is 11.1. The van der Waals surface area contributed by atoms with Crippen LogP contribution in [-0.4, -0.2) is 16.1 Å². The molecule has 2 heterocycles. The number of benzene rings is 1. The molecule has 1 atom stereocenters. The predicted octanol–water partition coefficient (Wildman–Crippen LogP) is 3.30. The quantitative estimate of drug-likeness (QED) is 0.714. The van der Waals surface area contributed by atoms with Gasteiger partial charge < -0.3 is 5.32 Å². The summed E-state index contributed by atoms with van der Waals surface area (Å²) in [5.74, 6) is -0.327. The first-order valence-electron chi connectivity index (χ1n) is 8.16. The molecule has 128 valence electrons. The highest BCUT2D eigenvalue weighted by atomic mass is 32.1. The van der Waals surface area contributed by atoms with Crippen molar-refractivity contribution in [1.29, 1.82) is 0 Å². The van der Waals surface area contributed by atoms with Crippen molar-refractivity contribution in [3.8, 4) is 0 Å². The summed E-state index contributed by atoms with van der Waals surface area (Å²) in [6.45, 7) is 2.15. The summed E-state index contributed by atoms with van der Waals surface area (Å²) in [4.78, 5) is 24.7. The fraction of sp³-hybridized carbons (Fsp3) is 0.211. The highest BCUT2D eigenvalue weighted by molar-refractivity contribution is 7.10. The average molecular weight is 353 g/mol. The fourth-order valence-corrected chi connectivity index (χ4v) is 3.42. The van der Waals surface area contributed by atoms with Gasteiger partial charge in [0, 0.05) is 10.9 Å². The normalized spacial score (nSPS) is 11.9. The number of hydrogen-bond acceptors (Lipinski definition) is 4. The molecule has 0 spiro atoms. The Bertz CT molecular complexity index is 865. The number of aryl methyl sites for hydroxylation is 1. The lowest BCUT2D eigenvalue weighted by molar-refractivity contribution is 0.0937. The summed E-state index contributed by atoms with van der Waals surface area (Å²) in [5.41, 5.74) is 2.14. The summed E-state index contributed by atoms with van der Waals surface area (Å²) >= 11 is 1.59. The average Bonchev–Trinajstić information content (AvgIpc) is 3.15. The van der Waals surface area contributed by atoms with Gasteiger partial charge in [0.05, 0.1) is 6.04 Å². The Morgan fingerprint density at radius 3 is 2.60 bits per heavy atom. The molecule has 3 aromatic rings. The van der Waals surface area contributed by atoms with E-state index in [9.17, 15) is 9.59 Å². The molecule has 3 rings (SSSR count). The van der Waals surface area contributed by atoms with Gasteiger partial charge >= 0.3 is 0 Å². The van der Waals surface area contributed by atoms with E-state index in [4.69, 9.17) is 0 Å². The van der Waals surface area contributed by atoms with Crippen LogP contribution in [-0.2, 0) is 6.42 Å². The van der Waals surface area contributed by atoms with Crippen LogP contribution < -0.4 is 10.9 Å². The monoisotopic (exact) mass is 353 g/mol. The lowest BCUT2D eigenvalue weighted by Crippen LogP contribution is -2.30. The molecule has 2 aromatic heterocycles. The molecule has 0 aliphatic carbocycles. The van der Waals surface area contributed by atoms with E-state index < -0.39 is 0 Å². The van der Waals surface area contributed by atoms with E-state index in [1.807, 2.05) is 17.5 Å². The summed E-state index contributed by atoms with van der Waals surface area (Å²) in [6, 6.07) is 14.7. The molecule has 0 radical (unpaired) electrons. The Morgan fingerprint density at radius 2 is 2.00 bits per heavy atom. The van der Waals surface area contributed by atoms with Gasteiger partial charge in [0.1, 0.15) is 5.69 Å². The van der Waals surface area contributed by atoms with E-state index in [1.54, 1.807) is 11.3 Å². The van der Waals surface area contributed by atoms with E-state index in [1.165, 1.54) is 17.7 Å². The molecular formula is C19H19N3O2S. The minimum atomic E-state index is -0.335. The Labute approximate surface area is 149 Å². The van der Waals surface area contributed by atoms with Crippen LogP contribution in [0.2, 0.25) is 0 Å². The number of rotatable bonds is 6. The largest absolute Gasteiger partial charge is 0.339 e. The first kappa shape index (κ1) is 17.1. The van der Waals surface area contributed by atoms with E-state index in [-0.39, 0.29) is 23.2 Å². The Balaban J connectivity index is 1.86. The maximum absolute atomic E-state index is 12.5. The van der Waals surface area contributed by atoms with Crippen LogP contribution >= 0.6 is 11.3 Å². The molecule has 0 aliphatic rings. The van der Waals surface area contributed by atoms with Crippen molar-refractivity contribution in [2.45, 2.75) is 25.8 Å². The third-order valence-electron chi connectivity index (χ3n) is 3.87. The molecule has 25 heavy (non-hydrogen) atoms. The minimum absolute atomic E-state index is 0.184. The third kappa shape index (κ3) is 4.22. The van der Waals surface area contributed by atoms with Crippen molar-refractivity contribution in [3.05, 3.63) is 86.0 Å². The summed E-state index contributed by atoms with van der Waals surface area (Å²) in [6.07, 6.45) is 2.14. The second-order valence-corrected chi connectivity index (χ2v) is 6.70. The molecule has 0 saturated carbocycles. The van der Waals surface area contributed by atoms with Crippen molar-refractivity contribution in [3.63, 3.8) is 0 Å². The standard InChI is InChI=1S/C19H19N3O2S/c1-2-4-13-6-8-14(9-7-13)18(16-5-3-12-25-16)20-19(24)15-10-11-17(23)22-21-15/h3,5-12,18H,2,4H2,1H3,(H,20,24)(H,22,23)/t18-/m0/s1. The zero-order chi connectivity index (χ0) is 17.6. The van der Waals surface area contributed by atoms with Crippen LogP contribution in [0, 0.1) is 0 Å². The maximum atomic E-state index is 12.5. The first-order chi connectivity index (χ1) is 12.2. The van der Waals surface area contributed by atoms with Gasteiger partial charge in [-0.15, -0.1) is 11.3 Å². The molecule has 0 bridgehead atoms. The summed E-state index contributed by atoms with van der Waals surface area (Å²) in [7, 11) is 0. The van der Waals surface area contributed by atoms with Crippen molar-refractivity contribution >= 4 is 17.2 Å². The van der Waals surface area contributed by atoms with Gasteiger partial charge in [-0.3, -0.25) is 9.59 Å². The number of aromatic nitrogens is 2. The number of amides is 1. The Hall–Kier alpha value is -2.73. The molecule has 5 nitrogen and oxygen atoms in total. The van der Waals surface area contributed by atoms with E-state index in [2.05, 4.69) is 46.7 Å². The minimum Gasteiger partial charge on any atom is -0.339 e. The zero-order valence-corrected chi connectivity index (χ0v) is 14.7. The SMILES string of the molecule is CCCc1ccc([C@H](NC(=O)c2ccc(=O)[nH]n2)c2cccs2)cc1. The summed E-state index contributed by atoms with van der Waals surface area (Å²) < 4.78 is 0. The van der Waals surface area contributed by atoms with Crippen LogP contribution in [0.25, 0.3) is 0 Å². The van der Waals surface area contributed by atoms with Gasteiger partial charge in [0.25, 0.3) is 11.5 Å². The molecule has 0 unspecified atom stereocenters. The molecule has 1 aromatic carbocycles. The van der Waals surface area contributed by atoms with Gasteiger partial charge in [-0.25, -0.2) is 5.10 Å². The third-order valence-corrected chi connectivity index (χ3v) is 4.80. The Morgan fingerprint density at radius 1 is 1.20 bits per heavy atom. The zero-order valence-electron chi connectivity index (χ0n) is 13.9. The van der Waals surface area contributed by atoms with Crippen LogP contribution in [0.3, 0.4) is 0 Å². The number of carbonyl (C=O) groups is 1. The Kier molecular flexibility index (Phi) is 5.40. The predicted molar refractivity (Wildman–Crippen MR) is 98.9 cm³/mol. The molecule has 0 aliphatic heterocycles. The van der Waals surface area contributed by atoms with Crippen LogP contribution in [0.5, 0.6) is 0 Å². The number of aromatic amines is 1. The number of thiophene rings is 1. The van der Waals surface area contributed by atoms with Crippen molar-refractivity contribution in [2.75, 3.05) is 0 Å². The number of nitrogens with zero attached hydrogens (tertiary/aromatic N) is 1. The van der Waals surface area contributed by atoms with E-state index in [0.29, 0.717) is 0 Å². The van der Waals surface area contributed by atoms with Crippen LogP contribution in [0.1, 0.15) is 45.9 Å². The number of carbonyl (C=O) groups excluding carboxylic acids is 1. The number of H-pyrrole nitrogens is 1. The van der Waals surface area contributed by atoms with Crippen LogP contribution in [0.15, 0.2) is 58.7 Å². The second-order valence-electron chi connectivity index (χ2n) is 5.72. The smallest absolute Gasteiger partial charge is 0.272 e. The number of nitrogens with one attached hydrogen (secondary N) is 2. The lowest BCUT2D eigenvalue weighted by atomic mass is 10.0. The molecule has 0 saturated heterocycles. The van der Waals surface area contributed by atoms with Gasteiger partial charge in [-0.05, 0) is 35.1 Å². The molecular weight excluding hydrogens is 334 g/mol. The van der Waals surface area contributed by atoms with Crippen LogP contribution in [0.4, 0.5) is 0 Å². The van der Waals surface area contributed by atoms with Gasteiger partial charge in [-0.2, -0.15) is 5.10 Å². The molecule has 0 fully saturated rings. The van der Waals surface area contributed by atoms with Crippen molar-refractivity contribution < 1.29 is 4.79 Å². The highest BCUT2D eigenvalue weighted by Gasteiger charge is 2.19. The maximum Gasteiger partial charge on any atom is 0.272 e. The molecule has 6 heteroatoms. The van der Waals surface area contributed by atoms with Gasteiger partial charge in [0.2, 0.25) is 0 Å². The topological polar surface area (TPSA) is 74.8 Å². The molecule has 1 amide bonds. The van der Waals surface area contributed by atoms with E-state index in [0.717, 1.165) is 23.3 Å². The second kappa shape index (κ2) is 7.90. The lowest BCUT2D eigenvalue weighted by Gasteiger charge is -2.18. The van der Waals surface area contributed by atoms with Crippen molar-refractivity contribution in [2.24, 2.45) is 0 Å². The molecule has 2 N–H and O–H groups in total. The fourth-order valence-electron chi connectivity index (χ4n) is 2.62. The van der Waals surface area contributed by atoms with Crippen molar-refractivity contribution in [1.82, 2.24) is 15.5 Å². The first-order valence-corrected chi connectivity index (χ1v) is 9.04. The van der Waals surface area contributed by atoms with Gasteiger partial charge in [-0.1, -0.05) is 43.7 Å².